The molecule has 1 atom stereocenters. The highest BCUT2D eigenvalue weighted by atomic mass is 79.9. The van der Waals surface area contributed by atoms with Crippen molar-refractivity contribution in [3.63, 3.8) is 0 Å². The first kappa shape index (κ1) is 17.0. The Bertz CT molecular complexity index is 686. The van der Waals surface area contributed by atoms with Gasteiger partial charge in [-0.05, 0) is 48.9 Å². The minimum atomic E-state index is -0.654. The largest absolute Gasteiger partial charge is 0.497 e. The van der Waals surface area contributed by atoms with Gasteiger partial charge in [-0.25, -0.2) is 5.43 Å². The molecule has 120 valence electrons. The third-order valence-electron chi connectivity index (χ3n) is 2.98. The second-order valence-electron chi connectivity index (χ2n) is 4.72. The predicted molar refractivity (Wildman–Crippen MR) is 93.0 cm³/mol. The number of halogens is 1. The highest BCUT2D eigenvalue weighted by Gasteiger charge is 2.13. The smallest absolute Gasteiger partial charge is 0.280 e. The molecule has 2 aromatic carbocycles. The molecule has 1 N–H and O–H groups in total. The molecule has 0 fully saturated rings. The van der Waals surface area contributed by atoms with Gasteiger partial charge >= 0.3 is 0 Å². The summed E-state index contributed by atoms with van der Waals surface area (Å²) in [5.74, 6) is 1.02. The summed E-state index contributed by atoms with van der Waals surface area (Å²) in [6, 6.07) is 14.6. The summed E-state index contributed by atoms with van der Waals surface area (Å²) in [7, 11) is 1.60. The normalized spacial score (nSPS) is 12.0. The van der Waals surface area contributed by atoms with Gasteiger partial charge in [0.1, 0.15) is 11.5 Å². The molecule has 0 saturated carbocycles. The SMILES string of the molecule is COc1cccc(/C=N\NC(=O)[C@@H](C)Oc2ccc(Br)cc2)c1. The Morgan fingerprint density at radius 3 is 2.65 bits per heavy atom. The van der Waals surface area contributed by atoms with E-state index in [9.17, 15) is 4.79 Å². The average molecular weight is 377 g/mol. The van der Waals surface area contributed by atoms with Gasteiger partial charge in [-0.3, -0.25) is 4.79 Å². The van der Waals surface area contributed by atoms with Crippen molar-refractivity contribution in [3.05, 3.63) is 58.6 Å². The molecule has 23 heavy (non-hydrogen) atoms. The van der Waals surface area contributed by atoms with Crippen molar-refractivity contribution < 1.29 is 14.3 Å². The number of ether oxygens (including phenoxy) is 2. The molecule has 0 radical (unpaired) electrons. The first-order valence-corrected chi connectivity index (χ1v) is 7.77. The molecule has 0 aromatic heterocycles. The van der Waals surface area contributed by atoms with Crippen LogP contribution in [-0.2, 0) is 4.79 Å². The number of benzene rings is 2. The fourth-order valence-corrected chi connectivity index (χ4v) is 2.02. The summed E-state index contributed by atoms with van der Waals surface area (Å²) >= 11 is 3.34. The number of rotatable bonds is 6. The van der Waals surface area contributed by atoms with Crippen LogP contribution in [0.3, 0.4) is 0 Å². The fraction of sp³-hybridized carbons (Fsp3) is 0.176. The highest BCUT2D eigenvalue weighted by Crippen LogP contribution is 2.17. The van der Waals surface area contributed by atoms with Crippen LogP contribution in [0.4, 0.5) is 0 Å². The molecule has 0 bridgehead atoms. The Balaban J connectivity index is 1.88. The maximum Gasteiger partial charge on any atom is 0.280 e. The zero-order chi connectivity index (χ0) is 16.7. The summed E-state index contributed by atoms with van der Waals surface area (Å²) in [4.78, 5) is 11.9. The highest BCUT2D eigenvalue weighted by molar-refractivity contribution is 9.10. The van der Waals surface area contributed by atoms with Crippen LogP contribution in [0.25, 0.3) is 0 Å². The Labute approximate surface area is 143 Å². The van der Waals surface area contributed by atoms with Crippen molar-refractivity contribution >= 4 is 28.1 Å². The molecule has 2 rings (SSSR count). The van der Waals surface area contributed by atoms with Crippen LogP contribution >= 0.6 is 15.9 Å². The van der Waals surface area contributed by atoms with Gasteiger partial charge in [-0.2, -0.15) is 5.10 Å². The van der Waals surface area contributed by atoms with Crippen molar-refractivity contribution in [1.29, 1.82) is 0 Å². The van der Waals surface area contributed by atoms with Crippen molar-refractivity contribution in [2.24, 2.45) is 5.10 Å². The second-order valence-corrected chi connectivity index (χ2v) is 5.64. The summed E-state index contributed by atoms with van der Waals surface area (Å²) in [5, 5.41) is 3.93. The number of carbonyl (C=O) groups is 1. The molecular formula is C17H17BrN2O3. The van der Waals surface area contributed by atoms with E-state index < -0.39 is 6.10 Å². The fourth-order valence-electron chi connectivity index (χ4n) is 1.75. The van der Waals surface area contributed by atoms with E-state index in [4.69, 9.17) is 9.47 Å². The number of amides is 1. The minimum Gasteiger partial charge on any atom is -0.497 e. The number of nitrogens with one attached hydrogen (secondary N) is 1. The van der Waals surface area contributed by atoms with Crippen LogP contribution in [0.1, 0.15) is 12.5 Å². The van der Waals surface area contributed by atoms with E-state index >= 15 is 0 Å². The molecule has 6 heteroatoms. The predicted octanol–water partition coefficient (Wildman–Crippen LogP) is 3.38. The standard InChI is InChI=1S/C17H17BrN2O3/c1-12(23-15-8-6-14(18)7-9-15)17(21)20-19-11-13-4-3-5-16(10-13)22-2/h3-12H,1-2H3,(H,20,21)/b19-11-/t12-/m1/s1. The lowest BCUT2D eigenvalue weighted by atomic mass is 10.2. The summed E-state index contributed by atoms with van der Waals surface area (Å²) in [5.41, 5.74) is 3.28. The number of nitrogens with zero attached hydrogens (tertiary/aromatic N) is 1. The number of hydrazone groups is 1. The Morgan fingerprint density at radius 1 is 1.22 bits per heavy atom. The van der Waals surface area contributed by atoms with Crippen molar-refractivity contribution in [3.8, 4) is 11.5 Å². The van der Waals surface area contributed by atoms with Gasteiger partial charge in [0.2, 0.25) is 0 Å². The molecule has 1 amide bonds. The molecule has 0 spiro atoms. The van der Waals surface area contributed by atoms with Crippen LogP contribution < -0.4 is 14.9 Å². The summed E-state index contributed by atoms with van der Waals surface area (Å²) in [6.07, 6.45) is 0.894. The van der Waals surface area contributed by atoms with E-state index in [1.54, 1.807) is 32.4 Å². The van der Waals surface area contributed by atoms with Crippen LogP contribution in [0, 0.1) is 0 Å². The van der Waals surface area contributed by atoms with Gasteiger partial charge in [-0.15, -0.1) is 0 Å². The van der Waals surface area contributed by atoms with Crippen LogP contribution in [0.2, 0.25) is 0 Å². The first-order chi connectivity index (χ1) is 11.1. The Kier molecular flexibility index (Phi) is 6.17. The van der Waals surface area contributed by atoms with Gasteiger partial charge in [0.05, 0.1) is 13.3 Å². The van der Waals surface area contributed by atoms with Gasteiger partial charge in [0.15, 0.2) is 6.10 Å². The van der Waals surface area contributed by atoms with E-state index in [1.165, 1.54) is 0 Å². The van der Waals surface area contributed by atoms with E-state index in [-0.39, 0.29) is 5.91 Å². The first-order valence-electron chi connectivity index (χ1n) is 6.97. The molecule has 0 unspecified atom stereocenters. The molecule has 2 aromatic rings. The van der Waals surface area contributed by atoms with Gasteiger partial charge in [-0.1, -0.05) is 28.1 Å². The average Bonchev–Trinajstić information content (AvgIpc) is 2.57. The Hall–Kier alpha value is -2.34. The molecule has 0 aliphatic heterocycles. The molecule has 0 saturated heterocycles. The Morgan fingerprint density at radius 2 is 1.96 bits per heavy atom. The van der Waals surface area contributed by atoms with E-state index in [0.29, 0.717) is 5.75 Å². The third-order valence-corrected chi connectivity index (χ3v) is 3.51. The van der Waals surface area contributed by atoms with Crippen molar-refractivity contribution in [1.82, 2.24) is 5.43 Å². The quantitative estimate of drug-likeness (QED) is 0.620. The van der Waals surface area contributed by atoms with Gasteiger partial charge in [0, 0.05) is 4.47 Å². The van der Waals surface area contributed by atoms with Crippen LogP contribution in [-0.4, -0.2) is 25.3 Å². The van der Waals surface area contributed by atoms with Gasteiger partial charge in [0.25, 0.3) is 5.91 Å². The van der Waals surface area contributed by atoms with E-state index in [1.807, 2.05) is 36.4 Å². The maximum absolute atomic E-state index is 11.9. The van der Waals surface area contributed by atoms with E-state index in [0.717, 1.165) is 15.8 Å². The molecular weight excluding hydrogens is 360 g/mol. The third kappa shape index (κ3) is 5.41. The lowest BCUT2D eigenvalue weighted by molar-refractivity contribution is -0.127. The molecule has 0 aliphatic rings. The zero-order valence-corrected chi connectivity index (χ0v) is 14.4. The number of hydrogen-bond acceptors (Lipinski definition) is 4. The number of methoxy groups -OCH3 is 1. The molecule has 5 nitrogen and oxygen atoms in total. The number of carbonyl (C=O) groups excluding carboxylic acids is 1. The lowest BCUT2D eigenvalue weighted by Gasteiger charge is -2.12. The topological polar surface area (TPSA) is 59.9 Å². The van der Waals surface area contributed by atoms with E-state index in [2.05, 4.69) is 26.5 Å². The summed E-state index contributed by atoms with van der Waals surface area (Å²) < 4.78 is 11.6. The van der Waals surface area contributed by atoms with Crippen molar-refractivity contribution in [2.45, 2.75) is 13.0 Å². The molecule has 0 heterocycles. The lowest BCUT2D eigenvalue weighted by Crippen LogP contribution is -2.33. The van der Waals surface area contributed by atoms with Gasteiger partial charge < -0.3 is 9.47 Å². The zero-order valence-electron chi connectivity index (χ0n) is 12.8. The van der Waals surface area contributed by atoms with Crippen molar-refractivity contribution in [2.75, 3.05) is 7.11 Å². The monoisotopic (exact) mass is 376 g/mol. The number of hydrogen-bond donors (Lipinski definition) is 1. The summed E-state index contributed by atoms with van der Waals surface area (Å²) in [6.45, 7) is 1.67. The van der Waals surface area contributed by atoms with Crippen LogP contribution in [0.15, 0.2) is 58.1 Å². The minimum absolute atomic E-state index is 0.327. The second kappa shape index (κ2) is 8.33. The maximum atomic E-state index is 11.9. The van der Waals surface area contributed by atoms with Crippen LogP contribution in [0.5, 0.6) is 11.5 Å². The molecule has 0 aliphatic carbocycles.